The molecule has 1 amide bonds. The summed E-state index contributed by atoms with van der Waals surface area (Å²) >= 11 is 5.04. The number of anilines is 1. The van der Waals surface area contributed by atoms with Crippen LogP contribution in [0.15, 0.2) is 59.6 Å². The number of fused-ring (bicyclic) bond motifs is 1. The summed E-state index contributed by atoms with van der Waals surface area (Å²) < 4.78 is 4.02. The van der Waals surface area contributed by atoms with E-state index in [0.29, 0.717) is 12.1 Å². The average molecular weight is 469 g/mol. The highest BCUT2D eigenvalue weighted by Crippen LogP contribution is 2.32. The minimum Gasteiger partial charge on any atom is -0.337 e. The van der Waals surface area contributed by atoms with Gasteiger partial charge in [0.15, 0.2) is 5.13 Å². The second kappa shape index (κ2) is 8.47. The molecule has 0 unspecified atom stereocenters. The van der Waals surface area contributed by atoms with E-state index in [1.165, 1.54) is 5.56 Å². The van der Waals surface area contributed by atoms with Crippen molar-refractivity contribution in [3.05, 3.63) is 76.3 Å². The largest absolute Gasteiger partial charge is 0.337 e. The lowest BCUT2D eigenvalue weighted by molar-refractivity contribution is 0.0986. The van der Waals surface area contributed by atoms with E-state index >= 15 is 0 Å². The Hall–Kier alpha value is -2.51. The second-order valence-electron chi connectivity index (χ2n) is 7.05. The molecule has 2 aromatic carbocycles. The predicted octanol–water partition coefficient (Wildman–Crippen LogP) is 5.61. The zero-order valence-electron chi connectivity index (χ0n) is 16.3. The highest BCUT2D eigenvalue weighted by atomic mass is 79.9. The minimum absolute atomic E-state index is 0.0367. The Kier molecular flexibility index (Phi) is 5.78. The van der Waals surface area contributed by atoms with Gasteiger partial charge in [0.05, 0.1) is 16.5 Å². The number of amides is 1. The fourth-order valence-corrected chi connectivity index (χ4v) is 4.93. The fourth-order valence-electron chi connectivity index (χ4n) is 3.37. The number of nitrogens with zero attached hydrogens (tertiary/aromatic N) is 4. The molecule has 2 aromatic heterocycles. The molecule has 0 saturated heterocycles. The van der Waals surface area contributed by atoms with Gasteiger partial charge in [0.2, 0.25) is 0 Å². The van der Waals surface area contributed by atoms with Crippen LogP contribution in [-0.4, -0.2) is 27.0 Å². The van der Waals surface area contributed by atoms with Crippen molar-refractivity contribution < 1.29 is 4.79 Å². The van der Waals surface area contributed by atoms with E-state index in [0.717, 1.165) is 38.3 Å². The summed E-state index contributed by atoms with van der Waals surface area (Å²) in [6.45, 7) is 5.53. The maximum Gasteiger partial charge on any atom is 0.260 e. The molecule has 2 heterocycles. The van der Waals surface area contributed by atoms with Crippen molar-refractivity contribution in [3.8, 4) is 0 Å². The first kappa shape index (κ1) is 19.8. The van der Waals surface area contributed by atoms with Crippen molar-refractivity contribution in [2.24, 2.45) is 0 Å². The molecule has 0 aliphatic heterocycles. The number of aromatic nitrogens is 3. The molecule has 0 N–H and O–H groups in total. The van der Waals surface area contributed by atoms with Crippen LogP contribution >= 0.6 is 27.3 Å². The van der Waals surface area contributed by atoms with Crippen molar-refractivity contribution in [2.75, 3.05) is 11.4 Å². The van der Waals surface area contributed by atoms with Gasteiger partial charge in [0.1, 0.15) is 0 Å². The van der Waals surface area contributed by atoms with Crippen LogP contribution < -0.4 is 4.90 Å². The predicted molar refractivity (Wildman–Crippen MR) is 122 cm³/mol. The third kappa shape index (κ3) is 4.41. The average Bonchev–Trinajstić information content (AvgIpc) is 3.34. The van der Waals surface area contributed by atoms with Crippen molar-refractivity contribution >= 4 is 48.5 Å². The molecule has 29 heavy (non-hydrogen) atoms. The summed E-state index contributed by atoms with van der Waals surface area (Å²) in [5.41, 5.74) is 3.96. The molecule has 4 aromatic rings. The van der Waals surface area contributed by atoms with E-state index in [9.17, 15) is 4.79 Å². The van der Waals surface area contributed by atoms with Crippen LogP contribution in [0.4, 0.5) is 5.13 Å². The van der Waals surface area contributed by atoms with Crippen molar-refractivity contribution in [2.45, 2.75) is 26.8 Å². The highest BCUT2D eigenvalue weighted by molar-refractivity contribution is 9.10. The Labute approximate surface area is 182 Å². The van der Waals surface area contributed by atoms with Gasteiger partial charge in [0, 0.05) is 35.5 Å². The summed E-state index contributed by atoms with van der Waals surface area (Å²) in [6, 6.07) is 11.8. The molecule has 5 nitrogen and oxygen atoms in total. The maximum absolute atomic E-state index is 13.4. The second-order valence-corrected chi connectivity index (χ2v) is 8.97. The van der Waals surface area contributed by atoms with Crippen LogP contribution in [0.25, 0.3) is 10.2 Å². The van der Waals surface area contributed by atoms with Gasteiger partial charge in [-0.2, -0.15) is 0 Å². The summed E-state index contributed by atoms with van der Waals surface area (Å²) in [5.74, 6) is -0.0367. The fraction of sp³-hybridized carbons (Fsp3) is 0.227. The molecule has 0 atom stereocenters. The normalized spacial score (nSPS) is 11.1. The van der Waals surface area contributed by atoms with E-state index in [4.69, 9.17) is 4.98 Å². The number of imidazole rings is 1. The topological polar surface area (TPSA) is 51.0 Å². The van der Waals surface area contributed by atoms with E-state index in [-0.39, 0.29) is 5.91 Å². The number of hydrogen-bond acceptors (Lipinski definition) is 4. The molecule has 0 fully saturated rings. The number of rotatable bonds is 6. The van der Waals surface area contributed by atoms with Gasteiger partial charge in [-0.1, -0.05) is 39.4 Å². The molecule has 0 aliphatic rings. The first-order valence-corrected chi connectivity index (χ1v) is 11.0. The zero-order valence-corrected chi connectivity index (χ0v) is 18.7. The lowest BCUT2D eigenvalue weighted by Gasteiger charge is -2.20. The van der Waals surface area contributed by atoms with E-state index in [1.807, 2.05) is 35.0 Å². The van der Waals surface area contributed by atoms with Gasteiger partial charge in [-0.25, -0.2) is 9.97 Å². The van der Waals surface area contributed by atoms with E-state index in [2.05, 4.69) is 46.9 Å². The zero-order chi connectivity index (χ0) is 20.4. The van der Waals surface area contributed by atoms with Gasteiger partial charge in [-0.05, 0) is 55.7 Å². The van der Waals surface area contributed by atoms with Gasteiger partial charge >= 0.3 is 0 Å². The third-order valence-corrected chi connectivity index (χ3v) is 6.24. The summed E-state index contributed by atoms with van der Waals surface area (Å²) in [6.07, 6.45) is 6.31. The number of halogens is 1. The van der Waals surface area contributed by atoms with E-state index < -0.39 is 0 Å². The molecule has 0 aliphatic carbocycles. The minimum atomic E-state index is -0.0367. The van der Waals surface area contributed by atoms with Crippen LogP contribution in [0.5, 0.6) is 0 Å². The van der Waals surface area contributed by atoms with Crippen molar-refractivity contribution in [1.82, 2.24) is 14.5 Å². The molecule has 0 saturated carbocycles. The molecule has 0 bridgehead atoms. The molecule has 0 radical (unpaired) electrons. The standard InChI is InChI=1S/C22H21BrN4OS/c1-15-11-16(2)20-19(12-15)29-22(25-20)27(9-4-8-26-10-7-24-14-26)21(28)17-5-3-6-18(23)13-17/h3,5-7,10-14H,4,8-9H2,1-2H3. The molecule has 7 heteroatoms. The lowest BCUT2D eigenvalue weighted by atomic mass is 10.1. The number of thiazole rings is 1. The summed E-state index contributed by atoms with van der Waals surface area (Å²) in [4.78, 5) is 24.1. The molecular formula is C22H21BrN4OS. The van der Waals surface area contributed by atoms with Crippen LogP contribution in [0.1, 0.15) is 27.9 Å². The van der Waals surface area contributed by atoms with E-state index in [1.54, 1.807) is 28.8 Å². The van der Waals surface area contributed by atoms with Gasteiger partial charge in [0.25, 0.3) is 5.91 Å². The number of aryl methyl sites for hydroxylation is 3. The molecule has 0 spiro atoms. The Morgan fingerprint density at radius 1 is 1.24 bits per heavy atom. The van der Waals surface area contributed by atoms with Crippen molar-refractivity contribution in [1.29, 1.82) is 0 Å². The van der Waals surface area contributed by atoms with Crippen LogP contribution in [-0.2, 0) is 6.54 Å². The number of carbonyl (C=O) groups excluding carboxylic acids is 1. The van der Waals surface area contributed by atoms with Gasteiger partial charge < -0.3 is 4.57 Å². The Morgan fingerprint density at radius 2 is 2.10 bits per heavy atom. The Balaban J connectivity index is 1.67. The first-order valence-electron chi connectivity index (χ1n) is 9.42. The SMILES string of the molecule is Cc1cc(C)c2nc(N(CCCn3ccnc3)C(=O)c3cccc(Br)c3)sc2c1. The Morgan fingerprint density at radius 3 is 2.86 bits per heavy atom. The third-order valence-electron chi connectivity index (χ3n) is 4.72. The van der Waals surface area contributed by atoms with Crippen LogP contribution in [0.3, 0.4) is 0 Å². The molecule has 148 valence electrons. The molecular weight excluding hydrogens is 448 g/mol. The summed E-state index contributed by atoms with van der Waals surface area (Å²) in [7, 11) is 0. The van der Waals surface area contributed by atoms with Gasteiger partial charge in [-0.15, -0.1) is 0 Å². The van der Waals surface area contributed by atoms with Crippen LogP contribution in [0, 0.1) is 13.8 Å². The summed E-state index contributed by atoms with van der Waals surface area (Å²) in [5, 5.41) is 0.740. The van der Waals surface area contributed by atoms with Gasteiger partial charge in [-0.3, -0.25) is 9.69 Å². The first-order chi connectivity index (χ1) is 14.0. The smallest absolute Gasteiger partial charge is 0.260 e. The van der Waals surface area contributed by atoms with Crippen molar-refractivity contribution in [3.63, 3.8) is 0 Å². The number of hydrogen-bond donors (Lipinski definition) is 0. The highest BCUT2D eigenvalue weighted by Gasteiger charge is 2.22. The number of benzene rings is 2. The molecule has 4 rings (SSSR count). The maximum atomic E-state index is 13.4. The quantitative estimate of drug-likeness (QED) is 0.369. The Bertz CT molecular complexity index is 1150. The number of carbonyl (C=O) groups is 1. The monoisotopic (exact) mass is 468 g/mol. The van der Waals surface area contributed by atoms with Crippen LogP contribution in [0.2, 0.25) is 0 Å². The lowest BCUT2D eigenvalue weighted by Crippen LogP contribution is -2.32.